The summed E-state index contributed by atoms with van der Waals surface area (Å²) in [5, 5.41) is 15.3. The molecule has 0 radical (unpaired) electrons. The van der Waals surface area contributed by atoms with Crippen molar-refractivity contribution in [1.29, 1.82) is 0 Å². The standard InChI is InChI=1S/C27H28N4O4/c32-26-24-18-6-7-19(14-18)25(24)27(33)30(26)21-8-9-22(23(15-21)31(34)35)28-20-10-12-29(13-11-20)16-17-4-2-1-3-5-17/h1-9,15,18-20,24-25,28H,10-14,16H2/t18-,19-,24-,25-/m0/s1. The van der Waals surface area contributed by atoms with E-state index in [0.717, 1.165) is 38.9 Å². The molecule has 8 nitrogen and oxygen atoms in total. The van der Waals surface area contributed by atoms with Gasteiger partial charge in [0.05, 0.1) is 22.4 Å². The van der Waals surface area contributed by atoms with Crippen LogP contribution in [0.3, 0.4) is 0 Å². The van der Waals surface area contributed by atoms with Crippen LogP contribution in [0.4, 0.5) is 17.1 Å². The van der Waals surface area contributed by atoms with Crippen LogP contribution >= 0.6 is 0 Å². The first kappa shape index (κ1) is 22.0. The Bertz CT molecular complexity index is 1170. The third kappa shape index (κ3) is 3.82. The van der Waals surface area contributed by atoms with Crippen molar-refractivity contribution in [2.45, 2.75) is 31.8 Å². The van der Waals surface area contributed by atoms with Gasteiger partial charge in [0, 0.05) is 31.7 Å². The van der Waals surface area contributed by atoms with Crippen LogP contribution in [-0.2, 0) is 16.1 Å². The molecule has 0 spiro atoms. The molecule has 2 aliphatic carbocycles. The summed E-state index contributed by atoms with van der Waals surface area (Å²) in [6.45, 7) is 2.72. The van der Waals surface area contributed by atoms with Crippen molar-refractivity contribution in [2.24, 2.45) is 23.7 Å². The molecule has 1 N–H and O–H groups in total. The number of nitrogens with zero attached hydrogens (tertiary/aromatic N) is 3. The second kappa shape index (κ2) is 8.61. The highest BCUT2D eigenvalue weighted by molar-refractivity contribution is 6.23. The molecule has 2 saturated heterocycles. The largest absolute Gasteiger partial charge is 0.377 e. The summed E-state index contributed by atoms with van der Waals surface area (Å²) in [5.41, 5.74) is 1.90. The van der Waals surface area contributed by atoms with E-state index in [4.69, 9.17) is 0 Å². The van der Waals surface area contributed by atoms with Gasteiger partial charge in [0.1, 0.15) is 5.69 Å². The number of likely N-dealkylation sites (tertiary alicyclic amines) is 1. The molecule has 2 bridgehead atoms. The van der Waals surface area contributed by atoms with E-state index >= 15 is 0 Å². The van der Waals surface area contributed by atoms with Gasteiger partial charge in [-0.2, -0.15) is 0 Å². The van der Waals surface area contributed by atoms with Crippen molar-refractivity contribution in [1.82, 2.24) is 4.90 Å². The van der Waals surface area contributed by atoms with Gasteiger partial charge in [-0.15, -0.1) is 0 Å². The fourth-order valence-electron chi connectivity index (χ4n) is 6.39. The molecule has 3 fully saturated rings. The molecular formula is C27H28N4O4. The average molecular weight is 473 g/mol. The number of benzene rings is 2. The van der Waals surface area contributed by atoms with Crippen molar-refractivity contribution < 1.29 is 14.5 Å². The molecule has 2 heterocycles. The molecule has 2 aliphatic heterocycles. The predicted octanol–water partition coefficient (Wildman–Crippen LogP) is 3.98. The first-order valence-electron chi connectivity index (χ1n) is 12.4. The van der Waals surface area contributed by atoms with Crippen molar-refractivity contribution in [2.75, 3.05) is 23.3 Å². The topological polar surface area (TPSA) is 95.8 Å². The number of fused-ring (bicyclic) bond motifs is 5. The summed E-state index contributed by atoms with van der Waals surface area (Å²) < 4.78 is 0. The Hall–Kier alpha value is -3.52. The van der Waals surface area contributed by atoms with Crippen molar-refractivity contribution >= 4 is 28.9 Å². The maximum atomic E-state index is 13.1. The second-order valence-electron chi connectivity index (χ2n) is 10.2. The van der Waals surface area contributed by atoms with Crippen LogP contribution in [0.25, 0.3) is 0 Å². The van der Waals surface area contributed by atoms with Crippen LogP contribution < -0.4 is 10.2 Å². The lowest BCUT2D eigenvalue weighted by atomic mass is 9.85. The number of rotatable bonds is 6. The highest BCUT2D eigenvalue weighted by atomic mass is 16.6. The molecule has 4 aliphatic rings. The third-order valence-electron chi connectivity index (χ3n) is 8.10. The van der Waals surface area contributed by atoms with E-state index in [-0.39, 0.29) is 47.2 Å². The van der Waals surface area contributed by atoms with Gasteiger partial charge in [-0.05, 0) is 48.8 Å². The Morgan fingerprint density at radius 1 is 0.943 bits per heavy atom. The van der Waals surface area contributed by atoms with E-state index in [0.29, 0.717) is 11.4 Å². The zero-order valence-electron chi connectivity index (χ0n) is 19.4. The Labute approximate surface area is 203 Å². The minimum atomic E-state index is -0.437. The summed E-state index contributed by atoms with van der Waals surface area (Å²) >= 11 is 0. The number of nitrogens with one attached hydrogen (secondary N) is 1. The lowest BCUT2D eigenvalue weighted by Crippen LogP contribution is -2.38. The fourth-order valence-corrected chi connectivity index (χ4v) is 6.39. The Morgan fingerprint density at radius 3 is 2.23 bits per heavy atom. The number of anilines is 2. The van der Waals surface area contributed by atoms with Crippen molar-refractivity contribution in [3.8, 4) is 0 Å². The Balaban J connectivity index is 1.15. The highest BCUT2D eigenvalue weighted by Crippen LogP contribution is 2.53. The first-order chi connectivity index (χ1) is 17.0. The minimum Gasteiger partial charge on any atom is -0.377 e. The number of hydrogen-bond acceptors (Lipinski definition) is 6. The molecule has 2 amide bonds. The van der Waals surface area contributed by atoms with Gasteiger partial charge >= 0.3 is 0 Å². The van der Waals surface area contributed by atoms with E-state index in [9.17, 15) is 19.7 Å². The summed E-state index contributed by atoms with van der Waals surface area (Å²) in [6.07, 6.45) is 6.71. The zero-order chi connectivity index (χ0) is 24.1. The molecule has 35 heavy (non-hydrogen) atoms. The summed E-state index contributed by atoms with van der Waals surface area (Å²) in [4.78, 5) is 41.3. The Kier molecular flexibility index (Phi) is 5.40. The summed E-state index contributed by atoms with van der Waals surface area (Å²) in [6, 6.07) is 15.2. The van der Waals surface area contributed by atoms with Crippen LogP contribution in [0.2, 0.25) is 0 Å². The van der Waals surface area contributed by atoms with Crippen LogP contribution in [0.5, 0.6) is 0 Å². The van der Waals surface area contributed by atoms with Gasteiger partial charge < -0.3 is 5.32 Å². The summed E-state index contributed by atoms with van der Waals surface area (Å²) in [5.74, 6) is -0.883. The van der Waals surface area contributed by atoms with Gasteiger partial charge in [0.2, 0.25) is 11.8 Å². The number of carbonyl (C=O) groups excluding carboxylic acids is 2. The maximum Gasteiger partial charge on any atom is 0.294 e. The number of nitro groups is 1. The second-order valence-corrected chi connectivity index (χ2v) is 10.2. The van der Waals surface area contributed by atoms with E-state index in [1.807, 2.05) is 30.4 Å². The first-order valence-corrected chi connectivity index (χ1v) is 12.4. The van der Waals surface area contributed by atoms with Crippen molar-refractivity contribution in [3.63, 3.8) is 0 Å². The predicted molar refractivity (Wildman–Crippen MR) is 132 cm³/mol. The SMILES string of the molecule is O=C1[C@@H]2[C@@H](C(=O)N1c1ccc(NC3CCN(Cc4ccccc4)CC3)c([N+](=O)[O-])c1)[C@H]1C=C[C@H]2C1. The number of hydrogen-bond donors (Lipinski definition) is 1. The molecule has 4 atom stereocenters. The van der Waals surface area contributed by atoms with Gasteiger partial charge in [-0.1, -0.05) is 42.5 Å². The van der Waals surface area contributed by atoms with Crippen LogP contribution in [0.1, 0.15) is 24.8 Å². The number of nitro benzene ring substituents is 1. The molecule has 1 saturated carbocycles. The van der Waals surface area contributed by atoms with E-state index in [1.54, 1.807) is 12.1 Å². The number of amides is 2. The Morgan fingerprint density at radius 2 is 1.60 bits per heavy atom. The van der Waals surface area contributed by atoms with Crippen LogP contribution in [-0.4, -0.2) is 40.8 Å². The lowest BCUT2D eigenvalue weighted by Gasteiger charge is -2.32. The molecule has 180 valence electrons. The van der Waals surface area contributed by atoms with E-state index in [1.165, 1.54) is 16.5 Å². The quantitative estimate of drug-likeness (QED) is 0.296. The highest BCUT2D eigenvalue weighted by Gasteiger charge is 2.59. The van der Waals surface area contributed by atoms with E-state index in [2.05, 4.69) is 22.3 Å². The fraction of sp³-hybridized carbons (Fsp3) is 0.407. The van der Waals surface area contributed by atoms with Crippen molar-refractivity contribution in [3.05, 3.63) is 76.4 Å². The number of allylic oxidation sites excluding steroid dienone is 2. The molecule has 0 unspecified atom stereocenters. The monoisotopic (exact) mass is 472 g/mol. The molecule has 6 rings (SSSR count). The number of imide groups is 1. The average Bonchev–Trinajstić information content (AvgIpc) is 3.55. The maximum absolute atomic E-state index is 13.1. The van der Waals surface area contributed by atoms with Crippen LogP contribution in [0.15, 0.2) is 60.7 Å². The molecule has 8 heteroatoms. The summed E-state index contributed by atoms with van der Waals surface area (Å²) in [7, 11) is 0. The number of piperidine rings is 1. The molecule has 0 aromatic heterocycles. The van der Waals surface area contributed by atoms with Gasteiger partial charge in [-0.3, -0.25) is 24.6 Å². The zero-order valence-corrected chi connectivity index (χ0v) is 19.4. The van der Waals surface area contributed by atoms with Crippen LogP contribution in [0, 0.1) is 33.8 Å². The molecular weight excluding hydrogens is 444 g/mol. The van der Waals surface area contributed by atoms with Gasteiger partial charge in [-0.25, -0.2) is 4.90 Å². The molecule has 2 aromatic carbocycles. The normalized spacial score (nSPS) is 28.1. The lowest BCUT2D eigenvalue weighted by molar-refractivity contribution is -0.383. The van der Waals surface area contributed by atoms with E-state index < -0.39 is 4.92 Å². The van der Waals surface area contributed by atoms with Gasteiger partial charge in [0.25, 0.3) is 5.69 Å². The number of carbonyl (C=O) groups is 2. The smallest absolute Gasteiger partial charge is 0.294 e. The molecule has 2 aromatic rings. The van der Waals surface area contributed by atoms with Gasteiger partial charge in [0.15, 0.2) is 0 Å². The third-order valence-corrected chi connectivity index (χ3v) is 8.10. The minimum absolute atomic E-state index is 0.104.